The number of aliphatic hydroxyl groups is 1. The van der Waals surface area contributed by atoms with Gasteiger partial charge >= 0.3 is 5.97 Å². The van der Waals surface area contributed by atoms with E-state index >= 15 is 0 Å². The molecule has 0 saturated heterocycles. The number of aromatic nitrogens is 2. The van der Waals surface area contributed by atoms with Crippen LogP contribution in [0.1, 0.15) is 55.6 Å². The standard InChI is InChI=1S/C18H22N2O3/c1-2-18(23)11-7-6-10-14(18)20-12-19-15(17(21)22)16(20)13-8-4-3-5-9-13/h3-5,8-9,12,14,23H,2,6-7,10-11H2,1H3,(H,21,22)/t14-,18+/m1/s1. The highest BCUT2D eigenvalue weighted by Gasteiger charge is 2.40. The molecule has 2 N–H and O–H groups in total. The number of carboxylic acids is 1. The van der Waals surface area contributed by atoms with E-state index in [1.807, 2.05) is 41.8 Å². The normalized spacial score (nSPS) is 24.5. The second-order valence-corrected chi connectivity index (χ2v) is 6.24. The lowest BCUT2D eigenvalue weighted by atomic mass is 9.78. The minimum Gasteiger partial charge on any atom is -0.476 e. The number of carbonyl (C=O) groups is 1. The number of rotatable bonds is 4. The second-order valence-electron chi connectivity index (χ2n) is 6.24. The zero-order valence-corrected chi connectivity index (χ0v) is 13.3. The summed E-state index contributed by atoms with van der Waals surface area (Å²) in [7, 11) is 0. The Labute approximate surface area is 135 Å². The maximum Gasteiger partial charge on any atom is 0.356 e. The lowest BCUT2D eigenvalue weighted by Gasteiger charge is -2.40. The van der Waals surface area contributed by atoms with Gasteiger partial charge in [-0.15, -0.1) is 0 Å². The number of benzene rings is 1. The first-order valence-electron chi connectivity index (χ1n) is 8.14. The summed E-state index contributed by atoms with van der Waals surface area (Å²) in [4.78, 5) is 15.7. The Hall–Kier alpha value is -2.14. The summed E-state index contributed by atoms with van der Waals surface area (Å²) in [6.45, 7) is 1.98. The summed E-state index contributed by atoms with van der Waals surface area (Å²) in [5, 5.41) is 20.5. The molecule has 1 aromatic heterocycles. The fraction of sp³-hybridized carbons (Fsp3) is 0.444. The predicted molar refractivity (Wildman–Crippen MR) is 87.4 cm³/mol. The molecule has 0 aliphatic heterocycles. The molecular weight excluding hydrogens is 292 g/mol. The van der Waals surface area contributed by atoms with Gasteiger partial charge < -0.3 is 14.8 Å². The highest BCUT2D eigenvalue weighted by Crippen LogP contribution is 2.42. The van der Waals surface area contributed by atoms with Gasteiger partial charge in [0.2, 0.25) is 0 Å². The van der Waals surface area contributed by atoms with Gasteiger partial charge in [-0.05, 0) is 19.3 Å². The topological polar surface area (TPSA) is 75.3 Å². The van der Waals surface area contributed by atoms with Gasteiger partial charge in [0.25, 0.3) is 0 Å². The molecule has 1 fully saturated rings. The van der Waals surface area contributed by atoms with Crippen LogP contribution in [0.15, 0.2) is 36.7 Å². The van der Waals surface area contributed by atoms with Crippen LogP contribution in [0.25, 0.3) is 11.3 Å². The number of nitrogens with zero attached hydrogens (tertiary/aromatic N) is 2. The largest absolute Gasteiger partial charge is 0.476 e. The van der Waals surface area contributed by atoms with Crippen LogP contribution in [0, 0.1) is 0 Å². The molecule has 5 nitrogen and oxygen atoms in total. The molecule has 2 aromatic rings. The van der Waals surface area contributed by atoms with Gasteiger partial charge in [-0.1, -0.05) is 50.1 Å². The van der Waals surface area contributed by atoms with Crippen molar-refractivity contribution in [3.05, 3.63) is 42.4 Å². The summed E-state index contributed by atoms with van der Waals surface area (Å²) < 4.78 is 1.88. The molecule has 0 radical (unpaired) electrons. The van der Waals surface area contributed by atoms with Crippen molar-refractivity contribution >= 4 is 5.97 Å². The van der Waals surface area contributed by atoms with Crippen LogP contribution in [0.4, 0.5) is 0 Å². The molecule has 23 heavy (non-hydrogen) atoms. The van der Waals surface area contributed by atoms with E-state index in [0.717, 1.165) is 31.2 Å². The average Bonchev–Trinajstić information content (AvgIpc) is 3.01. The Morgan fingerprint density at radius 3 is 2.74 bits per heavy atom. The van der Waals surface area contributed by atoms with Crippen molar-refractivity contribution < 1.29 is 15.0 Å². The second kappa shape index (κ2) is 6.16. The molecule has 1 aromatic carbocycles. The molecule has 122 valence electrons. The minimum absolute atomic E-state index is 0.0419. The number of aromatic carboxylic acids is 1. The van der Waals surface area contributed by atoms with Crippen LogP contribution in [-0.4, -0.2) is 31.3 Å². The summed E-state index contributed by atoms with van der Waals surface area (Å²) in [6.07, 6.45) is 5.82. The summed E-state index contributed by atoms with van der Waals surface area (Å²) in [6, 6.07) is 9.28. The van der Waals surface area contributed by atoms with Crippen molar-refractivity contribution in [2.45, 2.75) is 50.7 Å². The van der Waals surface area contributed by atoms with Crippen LogP contribution in [0.3, 0.4) is 0 Å². The SMILES string of the molecule is CC[C@]1(O)CCCC[C@H]1n1cnc(C(=O)O)c1-c1ccccc1. The van der Waals surface area contributed by atoms with Gasteiger partial charge in [-0.2, -0.15) is 0 Å². The van der Waals surface area contributed by atoms with Crippen LogP contribution in [0.5, 0.6) is 0 Å². The first-order valence-corrected chi connectivity index (χ1v) is 8.14. The Morgan fingerprint density at radius 1 is 1.35 bits per heavy atom. The van der Waals surface area contributed by atoms with Crippen LogP contribution < -0.4 is 0 Å². The van der Waals surface area contributed by atoms with E-state index in [4.69, 9.17) is 0 Å². The molecule has 0 spiro atoms. The molecule has 0 bridgehead atoms. The van der Waals surface area contributed by atoms with Gasteiger partial charge in [-0.3, -0.25) is 0 Å². The fourth-order valence-corrected chi connectivity index (χ4v) is 3.65. The molecule has 1 heterocycles. The molecule has 3 rings (SSSR count). The number of carboxylic acid groups (broad SMARTS) is 1. The Balaban J connectivity index is 2.15. The van der Waals surface area contributed by atoms with Gasteiger partial charge in [0.1, 0.15) is 0 Å². The van der Waals surface area contributed by atoms with Crippen molar-refractivity contribution in [3.8, 4) is 11.3 Å². The smallest absolute Gasteiger partial charge is 0.356 e. The predicted octanol–water partition coefficient (Wildman–Crippen LogP) is 3.50. The van der Waals surface area contributed by atoms with Crippen LogP contribution in [-0.2, 0) is 0 Å². The van der Waals surface area contributed by atoms with Gasteiger partial charge in [0, 0.05) is 5.56 Å². The first kappa shape index (κ1) is 15.7. The lowest BCUT2D eigenvalue weighted by Crippen LogP contribution is -2.41. The van der Waals surface area contributed by atoms with Crippen LogP contribution in [0.2, 0.25) is 0 Å². The molecule has 0 amide bonds. The minimum atomic E-state index is -1.04. The van der Waals surface area contributed by atoms with E-state index in [-0.39, 0.29) is 11.7 Å². The molecule has 2 atom stereocenters. The zero-order valence-electron chi connectivity index (χ0n) is 13.3. The lowest BCUT2D eigenvalue weighted by molar-refractivity contribution is -0.0439. The van der Waals surface area contributed by atoms with Gasteiger partial charge in [-0.25, -0.2) is 9.78 Å². The summed E-state index contributed by atoms with van der Waals surface area (Å²) in [5.41, 5.74) is 0.627. The average molecular weight is 314 g/mol. The third-order valence-electron chi connectivity index (χ3n) is 4.95. The number of hydrogen-bond acceptors (Lipinski definition) is 3. The van der Waals surface area contributed by atoms with Crippen molar-refractivity contribution in [2.75, 3.05) is 0 Å². The highest BCUT2D eigenvalue weighted by atomic mass is 16.4. The van der Waals surface area contributed by atoms with E-state index in [2.05, 4.69) is 4.98 Å². The van der Waals surface area contributed by atoms with Gasteiger partial charge in [0.15, 0.2) is 5.69 Å². The number of hydrogen-bond donors (Lipinski definition) is 2. The van der Waals surface area contributed by atoms with Crippen molar-refractivity contribution in [2.24, 2.45) is 0 Å². The van der Waals surface area contributed by atoms with E-state index in [9.17, 15) is 15.0 Å². The van der Waals surface area contributed by atoms with Gasteiger partial charge in [0.05, 0.1) is 23.7 Å². The summed E-state index contributed by atoms with van der Waals surface area (Å²) >= 11 is 0. The highest BCUT2D eigenvalue weighted by molar-refractivity contribution is 5.93. The molecule has 0 unspecified atom stereocenters. The third-order valence-corrected chi connectivity index (χ3v) is 4.95. The molecule has 5 heteroatoms. The van der Waals surface area contributed by atoms with E-state index < -0.39 is 11.6 Å². The first-order chi connectivity index (χ1) is 11.1. The Bertz CT molecular complexity index is 696. The third kappa shape index (κ3) is 2.77. The molecule has 1 saturated carbocycles. The number of imidazole rings is 1. The van der Waals surface area contributed by atoms with Crippen molar-refractivity contribution in [3.63, 3.8) is 0 Å². The zero-order chi connectivity index (χ0) is 16.4. The molecular formula is C18H22N2O3. The van der Waals surface area contributed by atoms with E-state index in [1.165, 1.54) is 0 Å². The maximum absolute atomic E-state index is 11.6. The van der Waals surface area contributed by atoms with E-state index in [0.29, 0.717) is 12.1 Å². The summed E-state index contributed by atoms with van der Waals surface area (Å²) in [5.74, 6) is -1.04. The van der Waals surface area contributed by atoms with Crippen molar-refractivity contribution in [1.82, 2.24) is 9.55 Å². The Kier molecular flexibility index (Phi) is 4.22. The fourth-order valence-electron chi connectivity index (χ4n) is 3.65. The van der Waals surface area contributed by atoms with Crippen LogP contribution >= 0.6 is 0 Å². The van der Waals surface area contributed by atoms with Crippen molar-refractivity contribution in [1.29, 1.82) is 0 Å². The molecule has 1 aliphatic carbocycles. The van der Waals surface area contributed by atoms with E-state index in [1.54, 1.807) is 6.33 Å². The maximum atomic E-state index is 11.6. The monoisotopic (exact) mass is 314 g/mol. The Morgan fingerprint density at radius 2 is 2.09 bits per heavy atom. The quantitative estimate of drug-likeness (QED) is 0.905. The molecule has 1 aliphatic rings.